The van der Waals surface area contributed by atoms with Gasteiger partial charge >= 0.3 is 5.97 Å². The van der Waals surface area contributed by atoms with Crippen molar-refractivity contribution in [3.05, 3.63) is 0 Å². The van der Waals surface area contributed by atoms with Crippen LogP contribution in [0.15, 0.2) is 0 Å². The molecule has 1 amide bonds. The number of amides is 1. The van der Waals surface area contributed by atoms with Gasteiger partial charge in [0.2, 0.25) is 5.91 Å². The normalized spacial score (nSPS) is 15.4. The van der Waals surface area contributed by atoms with Crippen LogP contribution in [0.4, 0.5) is 0 Å². The number of carbonyl (C=O) groups is 2. The first-order valence-corrected chi connectivity index (χ1v) is 4.07. The van der Waals surface area contributed by atoms with Crippen LogP contribution in [0.25, 0.3) is 0 Å². The summed E-state index contributed by atoms with van der Waals surface area (Å²) in [6, 6.07) is -0.204. The molecule has 5 nitrogen and oxygen atoms in total. The van der Waals surface area contributed by atoms with Crippen LogP contribution in [0, 0.1) is 5.92 Å². The Hall–Kier alpha value is -1.10. The molecule has 0 aliphatic rings. The van der Waals surface area contributed by atoms with E-state index in [-0.39, 0.29) is 12.6 Å². The summed E-state index contributed by atoms with van der Waals surface area (Å²) in [6.07, 6.45) is 0. The van der Waals surface area contributed by atoms with Crippen molar-refractivity contribution in [1.29, 1.82) is 0 Å². The Morgan fingerprint density at radius 2 is 1.92 bits per heavy atom. The molecule has 0 aliphatic heterocycles. The molecule has 2 atom stereocenters. The van der Waals surface area contributed by atoms with Crippen molar-refractivity contribution in [1.82, 2.24) is 4.90 Å². The first-order valence-electron chi connectivity index (χ1n) is 4.07. The molecule has 0 aromatic rings. The van der Waals surface area contributed by atoms with Crippen LogP contribution in [0.3, 0.4) is 0 Å². The number of aliphatic carboxylic acids is 1. The largest absolute Gasteiger partial charge is 0.481 e. The predicted octanol–water partition coefficient (Wildman–Crippen LogP) is -0.487. The molecule has 0 aromatic carbocycles. The maximum atomic E-state index is 10.6. The van der Waals surface area contributed by atoms with Crippen molar-refractivity contribution in [3.8, 4) is 0 Å². The molecule has 0 saturated heterocycles. The number of carboxylic acids is 1. The summed E-state index contributed by atoms with van der Waals surface area (Å²) in [4.78, 5) is 22.8. The molecule has 76 valence electrons. The van der Waals surface area contributed by atoms with E-state index in [0.717, 1.165) is 0 Å². The molecule has 0 aromatic heterocycles. The van der Waals surface area contributed by atoms with Crippen LogP contribution >= 0.6 is 0 Å². The van der Waals surface area contributed by atoms with E-state index < -0.39 is 17.8 Å². The van der Waals surface area contributed by atoms with E-state index in [9.17, 15) is 9.59 Å². The van der Waals surface area contributed by atoms with Gasteiger partial charge in [-0.25, -0.2) is 0 Å². The van der Waals surface area contributed by atoms with Crippen molar-refractivity contribution >= 4 is 11.9 Å². The lowest BCUT2D eigenvalue weighted by Gasteiger charge is -2.26. The lowest BCUT2D eigenvalue weighted by molar-refractivity contribution is -0.143. The average Bonchev–Trinajstić information content (AvgIpc) is 2.00. The van der Waals surface area contributed by atoms with Crippen LogP contribution in [-0.4, -0.2) is 41.5 Å². The van der Waals surface area contributed by atoms with Gasteiger partial charge in [0, 0.05) is 6.04 Å². The minimum Gasteiger partial charge on any atom is -0.481 e. The molecular formula is C8H16N2O3. The fourth-order valence-electron chi connectivity index (χ4n) is 0.978. The monoisotopic (exact) mass is 188 g/mol. The summed E-state index contributed by atoms with van der Waals surface area (Å²) in [5, 5.41) is 8.69. The average molecular weight is 188 g/mol. The van der Waals surface area contributed by atoms with Gasteiger partial charge in [0.15, 0.2) is 0 Å². The zero-order chi connectivity index (χ0) is 10.6. The van der Waals surface area contributed by atoms with Crippen LogP contribution in [0.5, 0.6) is 0 Å². The molecule has 0 saturated carbocycles. The van der Waals surface area contributed by atoms with E-state index >= 15 is 0 Å². The van der Waals surface area contributed by atoms with E-state index in [1.54, 1.807) is 25.8 Å². The SMILES string of the molecule is CC(C(=O)O)C(C)N(C)CC(N)=O. The van der Waals surface area contributed by atoms with E-state index in [4.69, 9.17) is 10.8 Å². The second-order valence-electron chi connectivity index (χ2n) is 3.25. The van der Waals surface area contributed by atoms with Gasteiger partial charge in [-0.2, -0.15) is 0 Å². The fourth-order valence-corrected chi connectivity index (χ4v) is 0.978. The fraction of sp³-hybridized carbons (Fsp3) is 0.750. The number of nitrogens with zero attached hydrogens (tertiary/aromatic N) is 1. The third kappa shape index (κ3) is 3.89. The van der Waals surface area contributed by atoms with Crippen LogP contribution < -0.4 is 5.73 Å². The highest BCUT2D eigenvalue weighted by atomic mass is 16.4. The summed E-state index contributed by atoms with van der Waals surface area (Å²) >= 11 is 0. The molecule has 13 heavy (non-hydrogen) atoms. The zero-order valence-corrected chi connectivity index (χ0v) is 8.15. The van der Waals surface area contributed by atoms with Gasteiger partial charge in [-0.15, -0.1) is 0 Å². The molecular weight excluding hydrogens is 172 g/mol. The molecule has 0 aliphatic carbocycles. The summed E-state index contributed by atoms with van der Waals surface area (Å²) in [6.45, 7) is 3.44. The minimum absolute atomic E-state index is 0.0821. The number of likely N-dealkylation sites (N-methyl/N-ethyl adjacent to an activating group) is 1. The number of nitrogens with two attached hydrogens (primary N) is 1. The molecule has 0 spiro atoms. The van der Waals surface area contributed by atoms with E-state index in [1.807, 2.05) is 0 Å². The second-order valence-corrected chi connectivity index (χ2v) is 3.25. The second kappa shape index (κ2) is 4.81. The highest BCUT2D eigenvalue weighted by Crippen LogP contribution is 2.08. The Kier molecular flexibility index (Phi) is 4.40. The van der Waals surface area contributed by atoms with E-state index in [1.165, 1.54) is 0 Å². The van der Waals surface area contributed by atoms with Crippen LogP contribution in [0.1, 0.15) is 13.8 Å². The number of primary amides is 1. The third-order valence-corrected chi connectivity index (χ3v) is 2.21. The lowest BCUT2D eigenvalue weighted by Crippen LogP contribution is -2.42. The summed E-state index contributed by atoms with van der Waals surface area (Å²) in [5.74, 6) is -1.83. The molecule has 2 unspecified atom stereocenters. The molecule has 0 fully saturated rings. The predicted molar refractivity (Wildman–Crippen MR) is 48.1 cm³/mol. The maximum absolute atomic E-state index is 10.6. The van der Waals surface area contributed by atoms with E-state index in [2.05, 4.69) is 0 Å². The smallest absolute Gasteiger partial charge is 0.307 e. The Labute approximate surface area is 77.5 Å². The third-order valence-electron chi connectivity index (χ3n) is 2.21. The molecule has 0 rings (SSSR count). The zero-order valence-electron chi connectivity index (χ0n) is 8.15. The van der Waals surface area contributed by atoms with Gasteiger partial charge in [-0.3, -0.25) is 14.5 Å². The first-order chi connectivity index (χ1) is 5.86. The Bertz CT molecular complexity index is 206. The standard InChI is InChI=1S/C8H16N2O3/c1-5(8(12)13)6(2)10(3)4-7(9)11/h5-6H,4H2,1-3H3,(H2,9,11)(H,12,13). The quantitative estimate of drug-likeness (QED) is 0.610. The summed E-state index contributed by atoms with van der Waals surface area (Å²) < 4.78 is 0. The molecule has 0 radical (unpaired) electrons. The van der Waals surface area contributed by atoms with E-state index in [0.29, 0.717) is 0 Å². The number of carboxylic acid groups (broad SMARTS) is 1. The van der Waals surface area contributed by atoms with Crippen molar-refractivity contribution < 1.29 is 14.7 Å². The Morgan fingerprint density at radius 1 is 1.46 bits per heavy atom. The maximum Gasteiger partial charge on any atom is 0.307 e. The van der Waals surface area contributed by atoms with Gasteiger partial charge in [-0.1, -0.05) is 6.92 Å². The van der Waals surface area contributed by atoms with Crippen LogP contribution in [0.2, 0.25) is 0 Å². The van der Waals surface area contributed by atoms with Gasteiger partial charge < -0.3 is 10.8 Å². The molecule has 5 heteroatoms. The Balaban J connectivity index is 4.16. The van der Waals surface area contributed by atoms with Crippen molar-refractivity contribution in [2.75, 3.05) is 13.6 Å². The summed E-state index contributed by atoms with van der Waals surface area (Å²) in [7, 11) is 1.68. The topological polar surface area (TPSA) is 83.6 Å². The number of rotatable bonds is 5. The van der Waals surface area contributed by atoms with Gasteiger partial charge in [0.1, 0.15) is 0 Å². The lowest BCUT2D eigenvalue weighted by atomic mass is 10.0. The highest BCUT2D eigenvalue weighted by molar-refractivity contribution is 5.76. The Morgan fingerprint density at radius 3 is 2.23 bits per heavy atom. The summed E-state index contributed by atoms with van der Waals surface area (Å²) in [5.41, 5.74) is 4.98. The van der Waals surface area contributed by atoms with Gasteiger partial charge in [0.25, 0.3) is 0 Å². The van der Waals surface area contributed by atoms with Crippen LogP contribution in [-0.2, 0) is 9.59 Å². The van der Waals surface area contributed by atoms with Gasteiger partial charge in [0.05, 0.1) is 12.5 Å². The molecule has 3 N–H and O–H groups in total. The molecule has 0 heterocycles. The van der Waals surface area contributed by atoms with Gasteiger partial charge in [-0.05, 0) is 14.0 Å². The number of hydrogen-bond donors (Lipinski definition) is 2. The van der Waals surface area contributed by atoms with Crippen molar-refractivity contribution in [2.45, 2.75) is 19.9 Å². The first kappa shape index (κ1) is 11.9. The number of hydrogen-bond acceptors (Lipinski definition) is 3. The highest BCUT2D eigenvalue weighted by Gasteiger charge is 2.23. The number of carbonyl (C=O) groups excluding carboxylic acids is 1. The minimum atomic E-state index is -0.871. The van der Waals surface area contributed by atoms with Crippen molar-refractivity contribution in [3.63, 3.8) is 0 Å². The molecule has 0 bridgehead atoms. The van der Waals surface area contributed by atoms with Crippen molar-refractivity contribution in [2.24, 2.45) is 11.7 Å².